The minimum Gasteiger partial charge on any atom is -0.395 e. The Hall–Kier alpha value is -1.15. The van der Waals surface area contributed by atoms with Crippen molar-refractivity contribution in [1.82, 2.24) is 4.31 Å². The second-order valence-corrected chi connectivity index (χ2v) is 7.57. The molecule has 0 spiro atoms. The van der Waals surface area contributed by atoms with Gasteiger partial charge in [-0.2, -0.15) is 4.31 Å². The van der Waals surface area contributed by atoms with E-state index in [0.29, 0.717) is 18.7 Å². The molecule has 0 saturated carbocycles. The van der Waals surface area contributed by atoms with Gasteiger partial charge in [0.15, 0.2) is 0 Å². The maximum Gasteiger partial charge on any atom is 0.243 e. The molecule has 0 aliphatic carbocycles. The SMILES string of the molecule is CC(=O)Nc1ccc(S(=O)(=O)N2CCCCC2CO)cc1Cl. The maximum atomic E-state index is 12.7. The number of nitrogens with zero attached hydrogens (tertiary/aromatic N) is 1. The van der Waals surface area contributed by atoms with E-state index in [2.05, 4.69) is 5.32 Å². The molecule has 1 saturated heterocycles. The highest BCUT2D eigenvalue weighted by atomic mass is 35.5. The van der Waals surface area contributed by atoms with Crippen molar-refractivity contribution in [2.24, 2.45) is 0 Å². The molecule has 1 aliphatic heterocycles. The number of aliphatic hydroxyl groups is 1. The summed E-state index contributed by atoms with van der Waals surface area (Å²) in [6, 6.07) is 3.81. The van der Waals surface area contributed by atoms with Crippen molar-refractivity contribution in [3.05, 3.63) is 23.2 Å². The predicted molar refractivity (Wildman–Crippen MR) is 84.4 cm³/mol. The standard InChI is InChI=1S/C14H19ClN2O4S/c1-10(19)16-14-6-5-12(8-13(14)15)22(20,21)17-7-3-2-4-11(17)9-18/h5-6,8,11,18H,2-4,7,9H2,1H3,(H,16,19). The molecule has 2 N–H and O–H groups in total. The molecule has 1 unspecified atom stereocenters. The van der Waals surface area contributed by atoms with Crippen LogP contribution in [0.4, 0.5) is 5.69 Å². The van der Waals surface area contributed by atoms with Crippen molar-refractivity contribution >= 4 is 33.2 Å². The third kappa shape index (κ3) is 3.60. The van der Waals surface area contributed by atoms with Crippen molar-refractivity contribution in [2.75, 3.05) is 18.5 Å². The van der Waals surface area contributed by atoms with Crippen molar-refractivity contribution < 1.29 is 18.3 Å². The first-order valence-electron chi connectivity index (χ1n) is 7.06. The molecule has 1 fully saturated rings. The van der Waals surface area contributed by atoms with Gasteiger partial charge in [0.25, 0.3) is 0 Å². The third-order valence-electron chi connectivity index (χ3n) is 3.64. The number of amides is 1. The van der Waals surface area contributed by atoms with Gasteiger partial charge in [0.2, 0.25) is 15.9 Å². The summed E-state index contributed by atoms with van der Waals surface area (Å²) in [6.07, 6.45) is 2.32. The summed E-state index contributed by atoms with van der Waals surface area (Å²) in [5.74, 6) is -0.283. The zero-order chi connectivity index (χ0) is 16.3. The van der Waals surface area contributed by atoms with E-state index < -0.39 is 16.1 Å². The highest BCUT2D eigenvalue weighted by molar-refractivity contribution is 7.89. The van der Waals surface area contributed by atoms with Crippen LogP contribution in [-0.4, -0.2) is 42.9 Å². The number of piperidine rings is 1. The molecule has 22 heavy (non-hydrogen) atoms. The summed E-state index contributed by atoms with van der Waals surface area (Å²) in [7, 11) is -3.71. The fraction of sp³-hybridized carbons (Fsp3) is 0.500. The molecular formula is C14H19ClN2O4S. The van der Waals surface area contributed by atoms with E-state index in [-0.39, 0.29) is 22.4 Å². The Labute approximate surface area is 135 Å². The van der Waals surface area contributed by atoms with E-state index >= 15 is 0 Å². The monoisotopic (exact) mass is 346 g/mol. The van der Waals surface area contributed by atoms with Crippen LogP contribution in [0.15, 0.2) is 23.1 Å². The Balaban J connectivity index is 2.33. The third-order valence-corrected chi connectivity index (χ3v) is 5.90. The number of anilines is 1. The molecular weight excluding hydrogens is 328 g/mol. The molecule has 1 atom stereocenters. The van der Waals surface area contributed by atoms with Crippen molar-refractivity contribution in [1.29, 1.82) is 0 Å². The van der Waals surface area contributed by atoms with Gasteiger partial charge in [0, 0.05) is 19.5 Å². The lowest BCUT2D eigenvalue weighted by atomic mass is 10.1. The Morgan fingerprint density at radius 3 is 2.77 bits per heavy atom. The minimum atomic E-state index is -3.71. The summed E-state index contributed by atoms with van der Waals surface area (Å²) in [4.78, 5) is 11.1. The Kier molecular flexibility index (Phi) is 5.44. The highest BCUT2D eigenvalue weighted by Crippen LogP contribution is 2.29. The molecule has 1 amide bonds. The zero-order valence-electron chi connectivity index (χ0n) is 12.3. The van der Waals surface area contributed by atoms with Gasteiger partial charge in [-0.1, -0.05) is 18.0 Å². The quantitative estimate of drug-likeness (QED) is 0.870. The number of halogens is 1. The van der Waals surface area contributed by atoms with Gasteiger partial charge >= 0.3 is 0 Å². The van der Waals surface area contributed by atoms with E-state index in [9.17, 15) is 18.3 Å². The summed E-state index contributed by atoms with van der Waals surface area (Å²) in [6.45, 7) is 1.54. The van der Waals surface area contributed by atoms with E-state index in [1.807, 2.05) is 0 Å². The van der Waals surface area contributed by atoms with Gasteiger partial charge in [0.1, 0.15) is 0 Å². The molecule has 0 aromatic heterocycles. The van der Waals surface area contributed by atoms with Crippen LogP contribution in [0.2, 0.25) is 5.02 Å². The number of carbonyl (C=O) groups excluding carboxylic acids is 1. The average molecular weight is 347 g/mol. The fourth-order valence-electron chi connectivity index (χ4n) is 2.56. The molecule has 1 aliphatic rings. The van der Waals surface area contributed by atoms with Crippen LogP contribution in [0, 0.1) is 0 Å². The zero-order valence-corrected chi connectivity index (χ0v) is 13.8. The maximum absolute atomic E-state index is 12.7. The number of carbonyl (C=O) groups is 1. The predicted octanol–water partition coefficient (Wildman–Crippen LogP) is 1.83. The van der Waals surface area contributed by atoms with Crippen LogP contribution in [-0.2, 0) is 14.8 Å². The van der Waals surface area contributed by atoms with Crippen LogP contribution < -0.4 is 5.32 Å². The molecule has 0 bridgehead atoms. The Morgan fingerprint density at radius 1 is 1.45 bits per heavy atom. The summed E-state index contributed by atoms with van der Waals surface area (Å²) in [5, 5.41) is 12.1. The van der Waals surface area contributed by atoms with Gasteiger partial charge in [-0.15, -0.1) is 0 Å². The van der Waals surface area contributed by atoms with Crippen LogP contribution in [0.3, 0.4) is 0 Å². The van der Waals surface area contributed by atoms with Gasteiger partial charge in [-0.25, -0.2) is 8.42 Å². The number of hydrogen-bond acceptors (Lipinski definition) is 4. The van der Waals surface area contributed by atoms with Gasteiger partial charge < -0.3 is 10.4 Å². The normalized spacial score (nSPS) is 19.9. The molecule has 6 nitrogen and oxygen atoms in total. The lowest BCUT2D eigenvalue weighted by Gasteiger charge is -2.33. The summed E-state index contributed by atoms with van der Waals surface area (Å²) < 4.78 is 26.8. The molecule has 1 aromatic carbocycles. The number of sulfonamides is 1. The van der Waals surface area contributed by atoms with E-state index in [1.54, 1.807) is 0 Å². The average Bonchev–Trinajstić information content (AvgIpc) is 2.48. The smallest absolute Gasteiger partial charge is 0.243 e. The Morgan fingerprint density at radius 2 is 2.18 bits per heavy atom. The first-order valence-corrected chi connectivity index (χ1v) is 8.88. The van der Waals surface area contributed by atoms with Gasteiger partial charge in [0.05, 0.1) is 22.2 Å². The molecule has 1 aromatic rings. The first kappa shape index (κ1) is 17.2. The van der Waals surface area contributed by atoms with Crippen LogP contribution in [0.5, 0.6) is 0 Å². The van der Waals surface area contributed by atoms with E-state index in [0.717, 1.165) is 12.8 Å². The number of hydrogen-bond donors (Lipinski definition) is 2. The minimum absolute atomic E-state index is 0.0620. The van der Waals surface area contributed by atoms with Crippen molar-refractivity contribution in [2.45, 2.75) is 37.1 Å². The Bertz CT molecular complexity index is 663. The lowest BCUT2D eigenvalue weighted by Crippen LogP contribution is -2.45. The van der Waals surface area contributed by atoms with E-state index in [1.165, 1.54) is 29.4 Å². The topological polar surface area (TPSA) is 86.7 Å². The summed E-state index contributed by atoms with van der Waals surface area (Å²) >= 11 is 6.04. The molecule has 2 rings (SSSR count). The molecule has 0 radical (unpaired) electrons. The first-order chi connectivity index (χ1) is 10.4. The van der Waals surface area contributed by atoms with E-state index in [4.69, 9.17) is 11.6 Å². The molecule has 1 heterocycles. The number of nitrogens with one attached hydrogen (secondary N) is 1. The van der Waals surface area contributed by atoms with Gasteiger partial charge in [-0.3, -0.25) is 4.79 Å². The van der Waals surface area contributed by atoms with Crippen LogP contribution in [0.1, 0.15) is 26.2 Å². The van der Waals surface area contributed by atoms with Crippen LogP contribution in [0.25, 0.3) is 0 Å². The largest absolute Gasteiger partial charge is 0.395 e. The summed E-state index contributed by atoms with van der Waals surface area (Å²) in [5.41, 5.74) is 0.366. The van der Waals surface area contributed by atoms with Gasteiger partial charge in [-0.05, 0) is 31.0 Å². The lowest BCUT2D eigenvalue weighted by molar-refractivity contribution is -0.114. The fourth-order valence-corrected chi connectivity index (χ4v) is 4.56. The number of aliphatic hydroxyl groups excluding tert-OH is 1. The second kappa shape index (κ2) is 6.95. The second-order valence-electron chi connectivity index (χ2n) is 5.27. The number of rotatable bonds is 4. The van der Waals surface area contributed by atoms with Crippen molar-refractivity contribution in [3.8, 4) is 0 Å². The van der Waals surface area contributed by atoms with Crippen molar-refractivity contribution in [3.63, 3.8) is 0 Å². The number of benzene rings is 1. The molecule has 8 heteroatoms. The van der Waals surface area contributed by atoms with Crippen LogP contribution >= 0.6 is 11.6 Å². The molecule has 122 valence electrons. The highest BCUT2D eigenvalue weighted by Gasteiger charge is 2.33.